The fraction of sp³-hybridized carbons (Fsp3) is 0.318. The van der Waals surface area contributed by atoms with Gasteiger partial charge in [-0.1, -0.05) is 53.9 Å². The average molecular weight is 427 g/mol. The van der Waals surface area contributed by atoms with E-state index in [1.807, 2.05) is 41.0 Å². The molecule has 1 N–H and O–H groups in total. The van der Waals surface area contributed by atoms with Gasteiger partial charge in [0.05, 0.1) is 5.75 Å². The Bertz CT molecular complexity index is 979. The number of hydrogen-bond donors (Lipinski definition) is 1. The third kappa shape index (κ3) is 4.82. The number of carbonyl (C=O) groups excluding carboxylic acids is 1. The fourth-order valence-corrected chi connectivity index (χ4v) is 4.43. The van der Waals surface area contributed by atoms with Crippen molar-refractivity contribution >= 4 is 29.3 Å². The molecule has 0 atom stereocenters. The zero-order valence-corrected chi connectivity index (χ0v) is 17.8. The van der Waals surface area contributed by atoms with E-state index in [0.29, 0.717) is 22.0 Å². The van der Waals surface area contributed by atoms with Crippen molar-refractivity contribution < 1.29 is 4.79 Å². The summed E-state index contributed by atoms with van der Waals surface area (Å²) in [5.41, 5.74) is 3.06. The highest BCUT2D eigenvalue weighted by molar-refractivity contribution is 7.99. The normalized spacial score (nSPS) is 14.3. The molecule has 1 heterocycles. The molecule has 150 valence electrons. The number of hydrogen-bond acceptors (Lipinski definition) is 4. The molecule has 1 aromatic heterocycles. The van der Waals surface area contributed by atoms with E-state index in [0.717, 1.165) is 29.9 Å². The molecule has 5 nitrogen and oxygen atoms in total. The zero-order valence-electron chi connectivity index (χ0n) is 16.3. The standard InChI is InChI=1S/C22H23ClN4OS/c1-15-6-12-19(13-7-15)27-21(16-8-10-17(23)11-9-16)25-26-22(27)29-14-20(28)24-18-4-2-3-5-18/h6-13,18H,2-5,14H2,1H3,(H,24,28). The summed E-state index contributed by atoms with van der Waals surface area (Å²) in [4.78, 5) is 12.4. The van der Waals surface area contributed by atoms with E-state index in [1.165, 1.54) is 30.2 Å². The molecule has 0 spiro atoms. The monoisotopic (exact) mass is 426 g/mol. The summed E-state index contributed by atoms with van der Waals surface area (Å²) in [6, 6.07) is 16.1. The van der Waals surface area contributed by atoms with Crippen LogP contribution in [0.1, 0.15) is 31.2 Å². The largest absolute Gasteiger partial charge is 0.353 e. The van der Waals surface area contributed by atoms with Crippen LogP contribution in [0.5, 0.6) is 0 Å². The molecule has 4 rings (SSSR count). The van der Waals surface area contributed by atoms with E-state index in [4.69, 9.17) is 11.6 Å². The van der Waals surface area contributed by atoms with E-state index in [9.17, 15) is 4.79 Å². The lowest BCUT2D eigenvalue weighted by Gasteiger charge is -2.13. The lowest BCUT2D eigenvalue weighted by atomic mass is 10.2. The van der Waals surface area contributed by atoms with Gasteiger partial charge in [-0.2, -0.15) is 0 Å². The van der Waals surface area contributed by atoms with Crippen molar-refractivity contribution in [2.75, 3.05) is 5.75 Å². The molecule has 0 unspecified atom stereocenters. The van der Waals surface area contributed by atoms with Crippen LogP contribution in [0.4, 0.5) is 0 Å². The van der Waals surface area contributed by atoms with Gasteiger partial charge in [0.1, 0.15) is 0 Å². The summed E-state index contributed by atoms with van der Waals surface area (Å²) in [5, 5.41) is 13.3. The van der Waals surface area contributed by atoms with Gasteiger partial charge in [0.25, 0.3) is 0 Å². The van der Waals surface area contributed by atoms with Crippen LogP contribution in [0.2, 0.25) is 5.02 Å². The molecule has 0 bridgehead atoms. The topological polar surface area (TPSA) is 59.8 Å². The predicted molar refractivity (Wildman–Crippen MR) is 118 cm³/mol. The first-order valence-corrected chi connectivity index (χ1v) is 11.2. The summed E-state index contributed by atoms with van der Waals surface area (Å²) in [6.45, 7) is 2.05. The zero-order chi connectivity index (χ0) is 20.2. The molecule has 1 fully saturated rings. The van der Waals surface area contributed by atoms with Crippen LogP contribution in [0, 0.1) is 6.92 Å². The minimum Gasteiger partial charge on any atom is -0.353 e. The molecule has 0 radical (unpaired) electrons. The van der Waals surface area contributed by atoms with Crippen LogP contribution < -0.4 is 5.32 Å². The van der Waals surface area contributed by atoms with Crippen LogP contribution in [-0.4, -0.2) is 32.5 Å². The summed E-state index contributed by atoms with van der Waals surface area (Å²) < 4.78 is 2.00. The second kappa shape index (κ2) is 9.01. The lowest BCUT2D eigenvalue weighted by molar-refractivity contribution is -0.119. The lowest BCUT2D eigenvalue weighted by Crippen LogP contribution is -2.33. The predicted octanol–water partition coefficient (Wildman–Crippen LogP) is 5.05. The molecule has 0 aliphatic heterocycles. The molecule has 3 aromatic rings. The number of amides is 1. The van der Waals surface area contributed by atoms with E-state index < -0.39 is 0 Å². The number of aromatic nitrogens is 3. The number of rotatable bonds is 6. The Labute approximate surface area is 179 Å². The number of aryl methyl sites for hydroxylation is 1. The summed E-state index contributed by atoms with van der Waals surface area (Å²) >= 11 is 7.45. The second-order valence-corrected chi connectivity index (χ2v) is 8.70. The maximum Gasteiger partial charge on any atom is 0.230 e. The van der Waals surface area contributed by atoms with Gasteiger partial charge in [-0.25, -0.2) is 0 Å². The van der Waals surface area contributed by atoms with Gasteiger partial charge < -0.3 is 5.32 Å². The van der Waals surface area contributed by atoms with Crippen molar-refractivity contribution in [2.45, 2.75) is 43.8 Å². The van der Waals surface area contributed by atoms with Crippen molar-refractivity contribution in [1.82, 2.24) is 20.1 Å². The van der Waals surface area contributed by atoms with Crippen molar-refractivity contribution in [3.8, 4) is 17.1 Å². The van der Waals surface area contributed by atoms with Gasteiger partial charge in [-0.3, -0.25) is 9.36 Å². The number of nitrogens with zero attached hydrogens (tertiary/aromatic N) is 3. The van der Waals surface area contributed by atoms with E-state index in [2.05, 4.69) is 34.6 Å². The number of carbonyl (C=O) groups is 1. The molecule has 7 heteroatoms. The number of halogens is 1. The Hall–Kier alpha value is -2.31. The van der Waals surface area contributed by atoms with Crippen LogP contribution in [0.25, 0.3) is 17.1 Å². The number of nitrogens with one attached hydrogen (secondary N) is 1. The Morgan fingerprint density at radius 2 is 1.79 bits per heavy atom. The SMILES string of the molecule is Cc1ccc(-n2c(SCC(=O)NC3CCCC3)nnc2-c2ccc(Cl)cc2)cc1. The first-order chi connectivity index (χ1) is 14.1. The minimum absolute atomic E-state index is 0.0494. The van der Waals surface area contributed by atoms with Crippen molar-refractivity contribution in [2.24, 2.45) is 0 Å². The highest BCUT2D eigenvalue weighted by atomic mass is 35.5. The maximum atomic E-state index is 12.4. The average Bonchev–Trinajstić information content (AvgIpc) is 3.37. The van der Waals surface area contributed by atoms with Crippen LogP contribution >= 0.6 is 23.4 Å². The highest BCUT2D eigenvalue weighted by Gasteiger charge is 2.20. The summed E-state index contributed by atoms with van der Waals surface area (Å²) in [5.74, 6) is 1.10. The molecular weight excluding hydrogens is 404 g/mol. The van der Waals surface area contributed by atoms with E-state index >= 15 is 0 Å². The van der Waals surface area contributed by atoms with Crippen molar-refractivity contribution in [1.29, 1.82) is 0 Å². The minimum atomic E-state index is 0.0494. The van der Waals surface area contributed by atoms with Crippen molar-refractivity contribution in [3.05, 3.63) is 59.1 Å². The third-order valence-corrected chi connectivity index (χ3v) is 6.26. The molecule has 0 saturated heterocycles. The molecule has 1 aliphatic carbocycles. The molecule has 2 aromatic carbocycles. The first kappa shape index (κ1) is 20.0. The Morgan fingerprint density at radius 1 is 1.10 bits per heavy atom. The fourth-order valence-electron chi connectivity index (χ4n) is 3.55. The molecule has 1 amide bonds. The second-order valence-electron chi connectivity index (χ2n) is 7.32. The molecule has 1 saturated carbocycles. The molecular formula is C22H23ClN4OS. The van der Waals surface area contributed by atoms with Gasteiger partial charge >= 0.3 is 0 Å². The quantitative estimate of drug-likeness (QED) is 0.560. The Balaban J connectivity index is 1.60. The van der Waals surface area contributed by atoms with Gasteiger partial charge in [-0.05, 0) is 56.2 Å². The smallest absolute Gasteiger partial charge is 0.230 e. The van der Waals surface area contributed by atoms with Crippen molar-refractivity contribution in [3.63, 3.8) is 0 Å². The van der Waals surface area contributed by atoms with Crippen LogP contribution in [0.3, 0.4) is 0 Å². The number of thioether (sulfide) groups is 1. The summed E-state index contributed by atoms with van der Waals surface area (Å²) in [7, 11) is 0. The van der Waals surface area contributed by atoms with Crippen LogP contribution in [-0.2, 0) is 4.79 Å². The highest BCUT2D eigenvalue weighted by Crippen LogP contribution is 2.29. The molecule has 1 aliphatic rings. The van der Waals surface area contributed by atoms with E-state index in [1.54, 1.807) is 0 Å². The first-order valence-electron chi connectivity index (χ1n) is 9.81. The number of benzene rings is 2. The van der Waals surface area contributed by atoms with Gasteiger partial charge in [0, 0.05) is 22.3 Å². The maximum absolute atomic E-state index is 12.4. The summed E-state index contributed by atoms with van der Waals surface area (Å²) in [6.07, 6.45) is 4.56. The van der Waals surface area contributed by atoms with E-state index in [-0.39, 0.29) is 5.91 Å². The third-order valence-electron chi connectivity index (χ3n) is 5.08. The molecule has 29 heavy (non-hydrogen) atoms. The van der Waals surface area contributed by atoms with Gasteiger partial charge in [-0.15, -0.1) is 10.2 Å². The van der Waals surface area contributed by atoms with Gasteiger partial charge in [0.2, 0.25) is 5.91 Å². The Kier molecular flexibility index (Phi) is 6.21. The van der Waals surface area contributed by atoms with Gasteiger partial charge in [0.15, 0.2) is 11.0 Å². The Morgan fingerprint density at radius 3 is 2.48 bits per heavy atom. The van der Waals surface area contributed by atoms with Crippen LogP contribution in [0.15, 0.2) is 53.7 Å².